The fourth-order valence-corrected chi connectivity index (χ4v) is 4.49. The van der Waals surface area contributed by atoms with E-state index >= 15 is 0 Å². The summed E-state index contributed by atoms with van der Waals surface area (Å²) in [7, 11) is -3.85. The van der Waals surface area contributed by atoms with E-state index in [4.69, 9.17) is 4.42 Å². The Hall–Kier alpha value is -2.58. The molecule has 4 rings (SSSR count). The summed E-state index contributed by atoms with van der Waals surface area (Å²) in [6, 6.07) is 11.9. The van der Waals surface area contributed by atoms with Crippen LogP contribution >= 0.6 is 11.8 Å². The average Bonchev–Trinajstić information content (AvgIpc) is 3.29. The molecule has 0 amide bonds. The molecule has 3 aromatic heterocycles. The molecular weight excluding hydrogens is 358 g/mol. The van der Waals surface area contributed by atoms with Crippen molar-refractivity contribution in [2.75, 3.05) is 6.26 Å². The zero-order valence-corrected chi connectivity index (χ0v) is 14.8. The summed E-state index contributed by atoms with van der Waals surface area (Å²) in [5, 5.41) is 0.708. The molecule has 0 bridgehead atoms. The number of benzene rings is 1. The number of oxazole rings is 1. The van der Waals surface area contributed by atoms with Gasteiger partial charge in [0, 0.05) is 16.5 Å². The Bertz CT molecular complexity index is 1130. The molecule has 0 spiro atoms. The monoisotopic (exact) mass is 371 g/mol. The van der Waals surface area contributed by atoms with Crippen LogP contribution in [0.15, 0.2) is 75.3 Å². The van der Waals surface area contributed by atoms with Crippen LogP contribution < -0.4 is 0 Å². The topological polar surface area (TPSA) is 78.0 Å². The lowest BCUT2D eigenvalue weighted by molar-refractivity contribution is 0.566. The van der Waals surface area contributed by atoms with E-state index in [0.717, 1.165) is 4.90 Å². The highest BCUT2D eigenvalue weighted by atomic mass is 32.2. The Labute approximate surface area is 148 Å². The minimum absolute atomic E-state index is 0.177. The van der Waals surface area contributed by atoms with Gasteiger partial charge in [-0.2, -0.15) is 0 Å². The normalized spacial score (nSPS) is 11.9. The van der Waals surface area contributed by atoms with E-state index in [0.29, 0.717) is 16.7 Å². The molecule has 0 aliphatic carbocycles. The van der Waals surface area contributed by atoms with Crippen molar-refractivity contribution in [3.63, 3.8) is 0 Å². The Morgan fingerprint density at radius 3 is 2.60 bits per heavy atom. The third-order valence-corrected chi connectivity index (χ3v) is 6.15. The maximum absolute atomic E-state index is 13.2. The molecule has 0 radical (unpaired) electrons. The van der Waals surface area contributed by atoms with E-state index in [2.05, 4.69) is 9.97 Å². The van der Waals surface area contributed by atoms with Crippen molar-refractivity contribution in [3.8, 4) is 11.6 Å². The highest BCUT2D eigenvalue weighted by Gasteiger charge is 2.26. The number of pyridine rings is 1. The molecule has 0 aliphatic rings. The third-order valence-electron chi connectivity index (χ3n) is 3.74. The summed E-state index contributed by atoms with van der Waals surface area (Å²) in [6.45, 7) is 0. The number of aromatic nitrogens is 3. The first-order chi connectivity index (χ1) is 12.1. The first-order valence-electron chi connectivity index (χ1n) is 7.37. The summed E-state index contributed by atoms with van der Waals surface area (Å²) in [5.74, 6) is 0.225. The second-order valence-electron chi connectivity index (χ2n) is 5.24. The van der Waals surface area contributed by atoms with Gasteiger partial charge in [0.05, 0.1) is 11.1 Å². The number of fused-ring (bicyclic) bond motifs is 1. The second kappa shape index (κ2) is 6.05. The van der Waals surface area contributed by atoms with Gasteiger partial charge in [-0.15, -0.1) is 11.8 Å². The molecule has 8 heteroatoms. The minimum Gasteiger partial charge on any atom is -0.443 e. The lowest BCUT2D eigenvalue weighted by Gasteiger charge is -2.09. The van der Waals surface area contributed by atoms with Crippen LogP contribution in [0.2, 0.25) is 0 Å². The molecule has 6 nitrogen and oxygen atoms in total. The molecule has 0 saturated carbocycles. The Morgan fingerprint density at radius 2 is 1.92 bits per heavy atom. The van der Waals surface area contributed by atoms with Gasteiger partial charge < -0.3 is 4.42 Å². The quantitative estimate of drug-likeness (QED) is 0.510. The van der Waals surface area contributed by atoms with Crippen molar-refractivity contribution >= 4 is 32.8 Å². The van der Waals surface area contributed by atoms with Crippen LogP contribution in [0.3, 0.4) is 0 Å². The fourth-order valence-electron chi connectivity index (χ4n) is 2.60. The standard InChI is InChI=1S/C17H13N3O3S2/c1-24-13-9-12-10-15(17-18-7-8-23-17)20(16(12)19-11-13)25(21,22)14-5-3-2-4-6-14/h2-11H,1H3. The van der Waals surface area contributed by atoms with Gasteiger partial charge in [0.2, 0.25) is 5.89 Å². The van der Waals surface area contributed by atoms with Gasteiger partial charge in [-0.25, -0.2) is 22.4 Å². The van der Waals surface area contributed by atoms with Crippen LogP contribution in [0.5, 0.6) is 0 Å². The molecule has 126 valence electrons. The van der Waals surface area contributed by atoms with E-state index < -0.39 is 10.0 Å². The first-order valence-corrected chi connectivity index (χ1v) is 10.0. The molecule has 1 aromatic carbocycles. The highest BCUT2D eigenvalue weighted by Crippen LogP contribution is 2.32. The number of thioether (sulfide) groups is 1. The Balaban J connectivity index is 2.06. The molecule has 0 N–H and O–H groups in total. The van der Waals surface area contributed by atoms with E-state index in [1.165, 1.54) is 28.2 Å². The predicted molar refractivity (Wildman–Crippen MR) is 96.0 cm³/mol. The van der Waals surface area contributed by atoms with Gasteiger partial charge in [0.25, 0.3) is 10.0 Å². The first kappa shape index (κ1) is 15.9. The van der Waals surface area contributed by atoms with Crippen molar-refractivity contribution in [1.29, 1.82) is 0 Å². The molecule has 0 unspecified atom stereocenters. The van der Waals surface area contributed by atoms with Gasteiger partial charge in [-0.3, -0.25) is 0 Å². The van der Waals surface area contributed by atoms with Crippen LogP contribution in [0.1, 0.15) is 0 Å². The summed E-state index contributed by atoms with van der Waals surface area (Å²) < 4.78 is 33.0. The summed E-state index contributed by atoms with van der Waals surface area (Å²) in [5.41, 5.74) is 0.685. The average molecular weight is 371 g/mol. The zero-order chi connectivity index (χ0) is 17.4. The van der Waals surface area contributed by atoms with Gasteiger partial charge in [0.1, 0.15) is 12.0 Å². The SMILES string of the molecule is CSc1cnc2c(c1)cc(-c1ncco1)n2S(=O)(=O)c1ccccc1. The second-order valence-corrected chi connectivity index (χ2v) is 7.90. The van der Waals surface area contributed by atoms with Crippen LogP contribution in [0.4, 0.5) is 0 Å². The Kier molecular flexibility index (Phi) is 3.85. The number of hydrogen-bond donors (Lipinski definition) is 0. The van der Waals surface area contributed by atoms with Gasteiger partial charge in [0.15, 0.2) is 5.65 Å². The van der Waals surface area contributed by atoms with Crippen molar-refractivity contribution in [2.45, 2.75) is 9.79 Å². The van der Waals surface area contributed by atoms with Gasteiger partial charge >= 0.3 is 0 Å². The van der Waals surface area contributed by atoms with Crippen molar-refractivity contribution in [1.82, 2.24) is 13.9 Å². The number of hydrogen-bond acceptors (Lipinski definition) is 6. The number of nitrogens with zero attached hydrogens (tertiary/aromatic N) is 3. The van der Waals surface area contributed by atoms with Crippen molar-refractivity contribution in [2.24, 2.45) is 0 Å². The summed E-state index contributed by atoms with van der Waals surface area (Å²) in [4.78, 5) is 9.60. The summed E-state index contributed by atoms with van der Waals surface area (Å²) >= 11 is 1.54. The molecule has 0 aliphatic heterocycles. The molecule has 0 atom stereocenters. The van der Waals surface area contributed by atoms with Gasteiger partial charge in [-0.05, 0) is 30.5 Å². The smallest absolute Gasteiger partial charge is 0.270 e. The molecule has 0 fully saturated rings. The minimum atomic E-state index is -3.85. The van der Waals surface area contributed by atoms with Gasteiger partial charge in [-0.1, -0.05) is 18.2 Å². The summed E-state index contributed by atoms with van der Waals surface area (Å²) in [6.07, 6.45) is 6.49. The lowest BCUT2D eigenvalue weighted by atomic mass is 10.3. The zero-order valence-electron chi connectivity index (χ0n) is 13.2. The molecular formula is C17H13N3O3S2. The van der Waals surface area contributed by atoms with Crippen LogP contribution in [0.25, 0.3) is 22.6 Å². The Morgan fingerprint density at radius 1 is 1.12 bits per heavy atom. The van der Waals surface area contributed by atoms with Crippen LogP contribution in [-0.4, -0.2) is 28.6 Å². The predicted octanol–water partition coefficient (Wildman–Crippen LogP) is 3.65. The lowest BCUT2D eigenvalue weighted by Crippen LogP contribution is -2.14. The van der Waals surface area contributed by atoms with Crippen LogP contribution in [-0.2, 0) is 10.0 Å². The van der Waals surface area contributed by atoms with E-state index in [1.807, 2.05) is 12.3 Å². The van der Waals surface area contributed by atoms with E-state index in [9.17, 15) is 8.42 Å². The van der Waals surface area contributed by atoms with Crippen molar-refractivity contribution < 1.29 is 12.8 Å². The molecule has 25 heavy (non-hydrogen) atoms. The van der Waals surface area contributed by atoms with Crippen LogP contribution in [0, 0.1) is 0 Å². The fraction of sp³-hybridized carbons (Fsp3) is 0.0588. The molecule has 3 heterocycles. The third kappa shape index (κ3) is 2.63. The van der Waals surface area contributed by atoms with E-state index in [-0.39, 0.29) is 10.8 Å². The maximum Gasteiger partial charge on any atom is 0.270 e. The maximum atomic E-state index is 13.2. The largest absolute Gasteiger partial charge is 0.443 e. The highest BCUT2D eigenvalue weighted by molar-refractivity contribution is 7.98. The number of rotatable bonds is 4. The van der Waals surface area contributed by atoms with Crippen molar-refractivity contribution in [3.05, 3.63) is 61.1 Å². The van der Waals surface area contributed by atoms with E-state index in [1.54, 1.807) is 42.6 Å². The molecule has 4 aromatic rings. The molecule has 0 saturated heterocycles.